The van der Waals surface area contributed by atoms with Gasteiger partial charge in [0.15, 0.2) is 23.5 Å². The summed E-state index contributed by atoms with van der Waals surface area (Å²) >= 11 is 0. The maximum atomic E-state index is 14.0. The minimum Gasteiger partial charge on any atom is -0.507 e. The van der Waals surface area contributed by atoms with Crippen molar-refractivity contribution in [2.75, 3.05) is 6.61 Å². The van der Waals surface area contributed by atoms with Gasteiger partial charge < -0.3 is 94.1 Å². The molecule has 3 saturated heterocycles. The van der Waals surface area contributed by atoms with E-state index < -0.39 is 138 Å². The Balaban J connectivity index is 1.33. The van der Waals surface area contributed by atoms with Crippen molar-refractivity contribution >= 4 is 11.0 Å². The zero-order chi connectivity index (χ0) is 38.6. The monoisotopic (exact) mass is 756 g/mol. The number of ether oxygens (including phenoxy) is 6. The Labute approximate surface area is 298 Å². The van der Waals surface area contributed by atoms with E-state index in [4.69, 9.17) is 32.8 Å². The topological polar surface area (TPSA) is 328 Å². The van der Waals surface area contributed by atoms with Crippen molar-refractivity contribution in [1.29, 1.82) is 0 Å². The number of fused-ring (bicyclic) bond motifs is 1. The Kier molecular flexibility index (Phi) is 11.1. The molecule has 292 valence electrons. The van der Waals surface area contributed by atoms with Crippen LogP contribution in [0.3, 0.4) is 0 Å². The first-order valence-corrected chi connectivity index (χ1v) is 16.4. The number of benzene rings is 2. The Morgan fingerprint density at radius 1 is 0.642 bits per heavy atom. The van der Waals surface area contributed by atoms with Crippen molar-refractivity contribution in [3.8, 4) is 40.1 Å². The highest BCUT2D eigenvalue weighted by Crippen LogP contribution is 2.40. The molecule has 3 fully saturated rings. The molecule has 15 atom stereocenters. The highest BCUT2D eigenvalue weighted by Gasteiger charge is 2.50. The minimum absolute atomic E-state index is 0.0764. The molecule has 3 aromatic rings. The zero-order valence-electron chi connectivity index (χ0n) is 27.9. The fraction of sp³-hybridized carbons (Fsp3) is 0.545. The van der Waals surface area contributed by atoms with Crippen LogP contribution in [0.5, 0.6) is 28.7 Å². The third-order valence-corrected chi connectivity index (χ3v) is 9.36. The SMILES string of the molecule is CC1OC(OC2C(C)OC(Oc3c(-c4ccc(O)c(O)c4)oc4cc(OC5OC(CO)C(O)C(O)C5O)cc(O)c4c3=O)C(O)C2O)C(O)C(O)C1O. The number of hydrogen-bond donors (Lipinski definition) is 12. The molecule has 2 aromatic carbocycles. The summed E-state index contributed by atoms with van der Waals surface area (Å²) in [6.07, 6.45) is -23.8. The Hall–Kier alpha value is -3.87. The second-order valence-electron chi connectivity index (χ2n) is 13.0. The van der Waals surface area contributed by atoms with Gasteiger partial charge >= 0.3 is 0 Å². The van der Waals surface area contributed by atoms with Gasteiger partial charge in [0.2, 0.25) is 23.8 Å². The zero-order valence-corrected chi connectivity index (χ0v) is 27.9. The molecular weight excluding hydrogens is 716 g/mol. The summed E-state index contributed by atoms with van der Waals surface area (Å²) in [5.41, 5.74) is -1.52. The number of hydrogen-bond acceptors (Lipinski definition) is 20. The van der Waals surface area contributed by atoms with Gasteiger partial charge in [-0.2, -0.15) is 0 Å². The summed E-state index contributed by atoms with van der Waals surface area (Å²) in [7, 11) is 0. The number of aliphatic hydroxyl groups excluding tert-OH is 9. The van der Waals surface area contributed by atoms with E-state index in [1.807, 2.05) is 0 Å². The normalized spacial score (nSPS) is 37.8. The maximum absolute atomic E-state index is 14.0. The molecule has 20 nitrogen and oxygen atoms in total. The standard InChI is InChI=1S/C33H40O20/c1-9-19(38)22(41)25(44)31(47-9)52-28-10(2)48-32(27(46)24(28)43)53-30-21(40)18-15(37)6-12(49-33-26(45)23(42)20(39)17(8-34)51-33)7-16(18)50-29(30)11-3-4-13(35)14(36)5-11/h3-7,9-10,17,19-20,22-28,31-39,41-46H,8H2,1-2H3. The van der Waals surface area contributed by atoms with E-state index in [1.165, 1.54) is 19.9 Å². The van der Waals surface area contributed by atoms with E-state index in [9.17, 15) is 66.1 Å². The lowest BCUT2D eigenvalue weighted by molar-refractivity contribution is -0.345. The molecule has 3 aliphatic rings. The van der Waals surface area contributed by atoms with Crippen LogP contribution in [0.2, 0.25) is 0 Å². The molecule has 0 radical (unpaired) electrons. The van der Waals surface area contributed by atoms with E-state index in [1.54, 1.807) is 0 Å². The van der Waals surface area contributed by atoms with Gasteiger partial charge in [-0.3, -0.25) is 4.79 Å². The van der Waals surface area contributed by atoms with Gasteiger partial charge in [0.1, 0.15) is 83.5 Å². The van der Waals surface area contributed by atoms with E-state index in [2.05, 4.69) is 0 Å². The summed E-state index contributed by atoms with van der Waals surface area (Å²) in [4.78, 5) is 14.0. The average Bonchev–Trinajstić information content (AvgIpc) is 3.12. The Morgan fingerprint density at radius 3 is 1.94 bits per heavy atom. The van der Waals surface area contributed by atoms with Crippen LogP contribution in [-0.2, 0) is 18.9 Å². The summed E-state index contributed by atoms with van der Waals surface area (Å²) in [5.74, 6) is -3.38. The summed E-state index contributed by atoms with van der Waals surface area (Å²) in [5, 5.41) is 123. The first-order valence-electron chi connectivity index (χ1n) is 16.4. The number of rotatable bonds is 8. The third kappa shape index (κ3) is 7.22. The first-order chi connectivity index (χ1) is 25.0. The molecule has 0 spiro atoms. The summed E-state index contributed by atoms with van der Waals surface area (Å²) in [6, 6.07) is 5.30. The van der Waals surface area contributed by atoms with Crippen LogP contribution in [0.4, 0.5) is 0 Å². The average molecular weight is 757 g/mol. The quantitative estimate of drug-likeness (QED) is 0.101. The molecule has 53 heavy (non-hydrogen) atoms. The van der Waals surface area contributed by atoms with Crippen LogP contribution >= 0.6 is 0 Å². The van der Waals surface area contributed by atoms with Gasteiger partial charge in [-0.05, 0) is 32.0 Å². The predicted molar refractivity (Wildman–Crippen MR) is 172 cm³/mol. The molecule has 20 heteroatoms. The molecule has 1 aromatic heterocycles. The van der Waals surface area contributed by atoms with Gasteiger partial charge in [-0.15, -0.1) is 0 Å². The summed E-state index contributed by atoms with van der Waals surface area (Å²) in [6.45, 7) is 2.06. The largest absolute Gasteiger partial charge is 0.507 e. The van der Waals surface area contributed by atoms with Crippen molar-refractivity contribution in [3.05, 3.63) is 40.6 Å². The van der Waals surface area contributed by atoms with E-state index >= 15 is 0 Å². The lowest BCUT2D eigenvalue weighted by Crippen LogP contribution is -2.63. The second kappa shape index (κ2) is 15.1. The number of phenolic OH excluding ortho intramolecular Hbond substituents is 3. The first kappa shape index (κ1) is 38.8. The highest BCUT2D eigenvalue weighted by molar-refractivity contribution is 5.88. The number of phenols is 3. The molecule has 0 aliphatic carbocycles. The van der Waals surface area contributed by atoms with Gasteiger partial charge in [-0.25, -0.2) is 0 Å². The van der Waals surface area contributed by atoms with Crippen molar-refractivity contribution in [1.82, 2.24) is 0 Å². The highest BCUT2D eigenvalue weighted by atomic mass is 16.7. The predicted octanol–water partition coefficient (Wildman–Crippen LogP) is -3.19. The van der Waals surface area contributed by atoms with E-state index in [-0.39, 0.29) is 16.9 Å². The van der Waals surface area contributed by atoms with Crippen molar-refractivity contribution < 1.29 is 94.1 Å². The van der Waals surface area contributed by atoms with Crippen LogP contribution in [-0.4, -0.2) is 160 Å². The van der Waals surface area contributed by atoms with Gasteiger partial charge in [0.05, 0.1) is 18.8 Å². The molecule has 15 unspecified atom stereocenters. The molecule has 6 rings (SSSR count). The van der Waals surface area contributed by atoms with Gasteiger partial charge in [-0.1, -0.05) is 0 Å². The number of aromatic hydroxyl groups is 3. The lowest BCUT2D eigenvalue weighted by atomic mass is 9.97. The fourth-order valence-corrected chi connectivity index (χ4v) is 6.27. The second-order valence-corrected chi connectivity index (χ2v) is 13.0. The van der Waals surface area contributed by atoms with Crippen molar-refractivity contribution in [2.45, 2.75) is 106 Å². The van der Waals surface area contributed by atoms with E-state index in [0.717, 1.165) is 24.3 Å². The maximum Gasteiger partial charge on any atom is 0.239 e. The van der Waals surface area contributed by atoms with Crippen LogP contribution < -0.4 is 14.9 Å². The van der Waals surface area contributed by atoms with Gasteiger partial charge in [0.25, 0.3) is 0 Å². The van der Waals surface area contributed by atoms with Crippen molar-refractivity contribution in [3.63, 3.8) is 0 Å². The molecule has 0 bridgehead atoms. The van der Waals surface area contributed by atoms with Crippen LogP contribution in [0, 0.1) is 0 Å². The minimum atomic E-state index is -1.97. The lowest BCUT2D eigenvalue weighted by Gasteiger charge is -2.45. The third-order valence-electron chi connectivity index (χ3n) is 9.36. The van der Waals surface area contributed by atoms with Crippen molar-refractivity contribution in [2.24, 2.45) is 0 Å². The molecule has 12 N–H and O–H groups in total. The van der Waals surface area contributed by atoms with Crippen LogP contribution in [0.1, 0.15) is 13.8 Å². The Morgan fingerprint density at radius 2 is 1.26 bits per heavy atom. The van der Waals surface area contributed by atoms with Crippen LogP contribution in [0.15, 0.2) is 39.5 Å². The Bertz CT molecular complexity index is 1830. The molecule has 4 heterocycles. The van der Waals surface area contributed by atoms with E-state index in [0.29, 0.717) is 0 Å². The smallest absolute Gasteiger partial charge is 0.239 e. The summed E-state index contributed by atoms with van der Waals surface area (Å²) < 4.78 is 39.6. The number of aliphatic hydroxyl groups is 9. The molecule has 0 amide bonds. The molecular formula is C33H40O20. The fourth-order valence-electron chi connectivity index (χ4n) is 6.27. The molecule has 3 aliphatic heterocycles. The molecule has 0 saturated carbocycles. The van der Waals surface area contributed by atoms with Crippen LogP contribution in [0.25, 0.3) is 22.3 Å². The van der Waals surface area contributed by atoms with Gasteiger partial charge in [0, 0.05) is 17.7 Å².